The van der Waals surface area contributed by atoms with Gasteiger partial charge in [0.2, 0.25) is 0 Å². The average molecular weight is 237 g/mol. The third kappa shape index (κ3) is 3.97. The molecule has 0 saturated heterocycles. The van der Waals surface area contributed by atoms with Gasteiger partial charge in [0.25, 0.3) is 6.43 Å². The fourth-order valence-electron chi connectivity index (χ4n) is 1.14. The van der Waals surface area contributed by atoms with Crippen LogP contribution in [0, 0.1) is 0 Å². The molecule has 0 aliphatic carbocycles. The Kier molecular flexibility index (Phi) is 4.71. The van der Waals surface area contributed by atoms with Crippen LogP contribution in [-0.4, -0.2) is 36.2 Å². The van der Waals surface area contributed by atoms with Crippen molar-refractivity contribution in [1.29, 1.82) is 0 Å². The molecule has 1 heterocycles. The lowest BCUT2D eigenvalue weighted by atomic mass is 10.4. The predicted molar refractivity (Wildman–Crippen MR) is 54.5 cm³/mol. The van der Waals surface area contributed by atoms with Gasteiger partial charge >= 0.3 is 0 Å². The molecular weight excluding hydrogens is 226 g/mol. The monoisotopic (exact) mass is 236 g/mol. The molecule has 0 aliphatic heterocycles. The van der Waals surface area contributed by atoms with Crippen LogP contribution in [-0.2, 0) is 0 Å². The van der Waals surface area contributed by atoms with Gasteiger partial charge in [0, 0.05) is 12.7 Å². The Morgan fingerprint density at radius 3 is 2.67 bits per heavy atom. The molecule has 6 heteroatoms. The Morgan fingerprint density at radius 2 is 2.20 bits per heavy atom. The minimum Gasteiger partial charge on any atom is -0.395 e. The molecule has 84 valence electrons. The standard InChI is InChI=1S/C9H11ClF2N2O/c10-7-1-2-9(13-5-7)14(3-4-15)6-8(11)12/h1-2,5,8,15H,3-4,6H2. The number of aliphatic hydroxyl groups excluding tert-OH is 1. The van der Waals surface area contributed by atoms with Crippen LogP contribution in [0.5, 0.6) is 0 Å². The third-order valence-corrected chi connectivity index (χ3v) is 1.99. The fourth-order valence-corrected chi connectivity index (χ4v) is 1.25. The van der Waals surface area contributed by atoms with Gasteiger partial charge in [-0.3, -0.25) is 0 Å². The molecule has 0 aromatic carbocycles. The summed E-state index contributed by atoms with van der Waals surface area (Å²) in [5.41, 5.74) is 0. The Bertz CT molecular complexity index is 295. The number of halogens is 3. The van der Waals surface area contributed by atoms with Gasteiger partial charge in [-0.2, -0.15) is 0 Å². The van der Waals surface area contributed by atoms with Gasteiger partial charge in [-0.25, -0.2) is 13.8 Å². The first-order chi connectivity index (χ1) is 7.13. The first-order valence-corrected chi connectivity index (χ1v) is 4.77. The number of alkyl halides is 2. The summed E-state index contributed by atoms with van der Waals surface area (Å²) in [4.78, 5) is 5.21. The van der Waals surface area contributed by atoms with Crippen molar-refractivity contribution in [1.82, 2.24) is 4.98 Å². The number of pyridine rings is 1. The molecule has 0 saturated carbocycles. The van der Waals surface area contributed by atoms with Crippen LogP contribution in [0.25, 0.3) is 0 Å². The molecule has 0 radical (unpaired) electrons. The predicted octanol–water partition coefficient (Wildman–Crippen LogP) is 1.80. The lowest BCUT2D eigenvalue weighted by Crippen LogP contribution is -2.32. The van der Waals surface area contributed by atoms with Crippen LogP contribution < -0.4 is 4.90 Å². The molecule has 0 fully saturated rings. The summed E-state index contributed by atoms with van der Waals surface area (Å²) in [6, 6.07) is 3.11. The normalized spacial score (nSPS) is 10.7. The lowest BCUT2D eigenvalue weighted by molar-refractivity contribution is 0.152. The van der Waals surface area contributed by atoms with E-state index in [1.54, 1.807) is 12.1 Å². The second kappa shape index (κ2) is 5.82. The summed E-state index contributed by atoms with van der Waals surface area (Å²) in [7, 11) is 0. The second-order valence-corrected chi connectivity index (χ2v) is 3.33. The molecule has 1 rings (SSSR count). The summed E-state index contributed by atoms with van der Waals surface area (Å²) < 4.78 is 24.4. The van der Waals surface area contributed by atoms with Crippen molar-refractivity contribution >= 4 is 17.4 Å². The highest BCUT2D eigenvalue weighted by Gasteiger charge is 2.13. The van der Waals surface area contributed by atoms with Crippen LogP contribution >= 0.6 is 11.6 Å². The zero-order chi connectivity index (χ0) is 11.3. The number of aromatic nitrogens is 1. The number of anilines is 1. The number of hydrogen-bond donors (Lipinski definition) is 1. The zero-order valence-electron chi connectivity index (χ0n) is 7.91. The molecular formula is C9H11ClF2N2O. The van der Waals surface area contributed by atoms with Gasteiger partial charge in [-0.05, 0) is 12.1 Å². The number of hydrogen-bond acceptors (Lipinski definition) is 3. The van der Waals surface area contributed by atoms with Gasteiger partial charge < -0.3 is 10.0 Å². The van der Waals surface area contributed by atoms with E-state index in [0.717, 1.165) is 0 Å². The molecule has 15 heavy (non-hydrogen) atoms. The van der Waals surface area contributed by atoms with Gasteiger partial charge in [-0.1, -0.05) is 11.6 Å². The van der Waals surface area contributed by atoms with Crippen LogP contribution in [0.15, 0.2) is 18.3 Å². The van der Waals surface area contributed by atoms with Gasteiger partial charge in [0.15, 0.2) is 0 Å². The maximum atomic E-state index is 12.2. The largest absolute Gasteiger partial charge is 0.395 e. The zero-order valence-corrected chi connectivity index (χ0v) is 8.66. The SMILES string of the molecule is OCCN(CC(F)F)c1ccc(Cl)cn1. The molecule has 0 amide bonds. The minimum absolute atomic E-state index is 0.124. The molecule has 1 aromatic rings. The van der Waals surface area contributed by atoms with Crippen LogP contribution in [0.4, 0.5) is 14.6 Å². The van der Waals surface area contributed by atoms with E-state index in [0.29, 0.717) is 10.8 Å². The summed E-state index contributed by atoms with van der Waals surface area (Å²) in [6.07, 6.45) is -1.08. The summed E-state index contributed by atoms with van der Waals surface area (Å²) >= 11 is 5.62. The minimum atomic E-state index is -2.46. The van der Waals surface area contributed by atoms with Crippen LogP contribution in [0.2, 0.25) is 5.02 Å². The Labute approximate surface area is 91.3 Å². The fraction of sp³-hybridized carbons (Fsp3) is 0.444. The van der Waals surface area contributed by atoms with Crippen molar-refractivity contribution in [3.8, 4) is 0 Å². The first kappa shape index (κ1) is 12.1. The van der Waals surface area contributed by atoms with E-state index in [1.165, 1.54) is 11.1 Å². The molecule has 3 nitrogen and oxygen atoms in total. The van der Waals surface area contributed by atoms with E-state index in [2.05, 4.69) is 4.98 Å². The third-order valence-electron chi connectivity index (χ3n) is 1.76. The topological polar surface area (TPSA) is 36.4 Å². The molecule has 0 unspecified atom stereocenters. The Hall–Kier alpha value is -0.940. The van der Waals surface area contributed by atoms with E-state index in [1.807, 2.05) is 0 Å². The number of aliphatic hydroxyl groups is 1. The molecule has 0 aliphatic rings. The maximum absolute atomic E-state index is 12.2. The highest BCUT2D eigenvalue weighted by molar-refractivity contribution is 6.30. The summed E-state index contributed by atoms with van der Waals surface area (Å²) in [6.45, 7) is -0.523. The van der Waals surface area contributed by atoms with Crippen molar-refractivity contribution in [3.63, 3.8) is 0 Å². The van der Waals surface area contributed by atoms with Crippen LogP contribution in [0.1, 0.15) is 0 Å². The van der Waals surface area contributed by atoms with E-state index >= 15 is 0 Å². The molecule has 1 aromatic heterocycles. The van der Waals surface area contributed by atoms with Gasteiger partial charge in [-0.15, -0.1) is 0 Å². The highest BCUT2D eigenvalue weighted by atomic mass is 35.5. The lowest BCUT2D eigenvalue weighted by Gasteiger charge is -2.21. The summed E-state index contributed by atoms with van der Waals surface area (Å²) in [5, 5.41) is 9.17. The summed E-state index contributed by atoms with van der Waals surface area (Å²) in [5.74, 6) is 0.383. The van der Waals surface area contributed by atoms with Crippen molar-refractivity contribution in [2.24, 2.45) is 0 Å². The number of rotatable bonds is 5. The maximum Gasteiger partial charge on any atom is 0.255 e. The Balaban J connectivity index is 2.74. The van der Waals surface area contributed by atoms with Crippen LogP contribution in [0.3, 0.4) is 0 Å². The van der Waals surface area contributed by atoms with Crippen molar-refractivity contribution in [2.45, 2.75) is 6.43 Å². The molecule has 0 spiro atoms. The van der Waals surface area contributed by atoms with E-state index in [9.17, 15) is 8.78 Å². The van der Waals surface area contributed by atoms with Crippen molar-refractivity contribution in [2.75, 3.05) is 24.6 Å². The smallest absolute Gasteiger partial charge is 0.255 e. The molecule has 0 atom stereocenters. The quantitative estimate of drug-likeness (QED) is 0.847. The van der Waals surface area contributed by atoms with Gasteiger partial charge in [0.05, 0.1) is 18.2 Å². The van der Waals surface area contributed by atoms with E-state index in [4.69, 9.17) is 16.7 Å². The number of nitrogens with zero attached hydrogens (tertiary/aromatic N) is 2. The second-order valence-electron chi connectivity index (χ2n) is 2.90. The Morgan fingerprint density at radius 1 is 1.47 bits per heavy atom. The average Bonchev–Trinajstić information content (AvgIpc) is 2.17. The van der Waals surface area contributed by atoms with E-state index < -0.39 is 13.0 Å². The van der Waals surface area contributed by atoms with E-state index in [-0.39, 0.29) is 13.2 Å². The first-order valence-electron chi connectivity index (χ1n) is 4.39. The highest BCUT2D eigenvalue weighted by Crippen LogP contribution is 2.15. The van der Waals surface area contributed by atoms with Crippen molar-refractivity contribution in [3.05, 3.63) is 23.4 Å². The molecule has 0 bridgehead atoms. The van der Waals surface area contributed by atoms with Gasteiger partial charge in [0.1, 0.15) is 5.82 Å². The van der Waals surface area contributed by atoms with Crippen molar-refractivity contribution < 1.29 is 13.9 Å². The molecule has 1 N–H and O–H groups in total.